The molecular weight excluding hydrogens is 433 g/mol. The van der Waals surface area contributed by atoms with Gasteiger partial charge < -0.3 is 10.4 Å². The van der Waals surface area contributed by atoms with Crippen LogP contribution in [0, 0.1) is 6.92 Å². The number of aliphatic hydroxyl groups is 1. The molecule has 0 heterocycles. The Hall–Kier alpha value is -2.59. The molecular formula is C21H25F3N2O4S. The van der Waals surface area contributed by atoms with Gasteiger partial charge in [-0.3, -0.25) is 9.10 Å². The number of benzene rings is 2. The van der Waals surface area contributed by atoms with Crippen molar-refractivity contribution in [3.05, 3.63) is 59.7 Å². The lowest BCUT2D eigenvalue weighted by Crippen LogP contribution is -2.40. The van der Waals surface area contributed by atoms with E-state index < -0.39 is 38.6 Å². The highest BCUT2D eigenvalue weighted by Crippen LogP contribution is 2.32. The van der Waals surface area contributed by atoms with Crippen molar-refractivity contribution in [2.75, 3.05) is 17.5 Å². The monoisotopic (exact) mass is 458 g/mol. The SMILES string of the molecule is CCC(CO)NC(=O)CCN(c1ccc(C)cc1)S(=O)(=O)c1cccc(C(F)(F)F)c1. The fourth-order valence-electron chi connectivity index (χ4n) is 2.84. The van der Waals surface area contributed by atoms with Crippen LogP contribution in [0.4, 0.5) is 18.9 Å². The summed E-state index contributed by atoms with van der Waals surface area (Å²) in [4.78, 5) is 11.7. The lowest BCUT2D eigenvalue weighted by atomic mass is 10.2. The lowest BCUT2D eigenvalue weighted by Gasteiger charge is -2.25. The zero-order valence-electron chi connectivity index (χ0n) is 17.2. The molecule has 31 heavy (non-hydrogen) atoms. The van der Waals surface area contributed by atoms with Crippen molar-refractivity contribution in [2.24, 2.45) is 0 Å². The van der Waals surface area contributed by atoms with Crippen LogP contribution in [-0.4, -0.2) is 38.6 Å². The molecule has 2 aromatic carbocycles. The van der Waals surface area contributed by atoms with Gasteiger partial charge in [0.25, 0.3) is 10.0 Å². The molecule has 0 aliphatic carbocycles. The summed E-state index contributed by atoms with van der Waals surface area (Å²) in [5.74, 6) is -0.475. The van der Waals surface area contributed by atoms with Crippen LogP contribution < -0.4 is 9.62 Å². The zero-order valence-corrected chi connectivity index (χ0v) is 18.0. The van der Waals surface area contributed by atoms with Crippen molar-refractivity contribution in [3.8, 4) is 0 Å². The normalized spacial score (nSPS) is 13.0. The first-order valence-corrected chi connectivity index (χ1v) is 11.1. The first kappa shape index (κ1) is 24.7. The van der Waals surface area contributed by atoms with Crippen LogP contribution in [0.5, 0.6) is 0 Å². The van der Waals surface area contributed by atoms with Crippen molar-refractivity contribution in [3.63, 3.8) is 0 Å². The molecule has 2 N–H and O–H groups in total. The van der Waals surface area contributed by atoms with Gasteiger partial charge in [-0.05, 0) is 43.7 Å². The molecule has 0 spiro atoms. The number of nitrogens with zero attached hydrogens (tertiary/aromatic N) is 1. The van der Waals surface area contributed by atoms with Crippen LogP contribution in [0.1, 0.15) is 30.9 Å². The third-order valence-electron chi connectivity index (χ3n) is 4.69. The standard InChI is InChI=1S/C21H25F3N2O4S/c1-3-17(14-27)25-20(28)11-12-26(18-9-7-15(2)8-10-18)31(29,30)19-6-4-5-16(13-19)21(22,23)24/h4-10,13,17,27H,3,11-12,14H2,1-2H3,(H,25,28). The smallest absolute Gasteiger partial charge is 0.394 e. The van der Waals surface area contributed by atoms with Crippen molar-refractivity contribution in [1.82, 2.24) is 5.32 Å². The summed E-state index contributed by atoms with van der Waals surface area (Å²) >= 11 is 0. The van der Waals surface area contributed by atoms with E-state index in [0.717, 1.165) is 28.1 Å². The van der Waals surface area contributed by atoms with Gasteiger partial charge in [0.15, 0.2) is 0 Å². The number of aryl methyl sites for hydroxylation is 1. The summed E-state index contributed by atoms with van der Waals surface area (Å²) in [7, 11) is -4.38. The van der Waals surface area contributed by atoms with Gasteiger partial charge in [0, 0.05) is 13.0 Å². The number of carbonyl (C=O) groups excluding carboxylic acids is 1. The van der Waals surface area contributed by atoms with Crippen LogP contribution in [-0.2, 0) is 21.0 Å². The molecule has 170 valence electrons. The Morgan fingerprint density at radius 3 is 2.35 bits per heavy atom. The highest BCUT2D eigenvalue weighted by atomic mass is 32.2. The minimum atomic E-state index is -4.69. The number of alkyl halides is 3. The minimum Gasteiger partial charge on any atom is -0.394 e. The summed E-state index contributed by atoms with van der Waals surface area (Å²) < 4.78 is 66.6. The number of carbonyl (C=O) groups is 1. The second-order valence-corrected chi connectivity index (χ2v) is 8.91. The van der Waals surface area contributed by atoms with Gasteiger partial charge in [0.1, 0.15) is 0 Å². The third-order valence-corrected chi connectivity index (χ3v) is 6.51. The molecule has 1 amide bonds. The Morgan fingerprint density at radius 1 is 1.16 bits per heavy atom. The predicted molar refractivity (Wildman–Crippen MR) is 111 cm³/mol. The number of anilines is 1. The molecule has 10 heteroatoms. The number of aliphatic hydroxyl groups excluding tert-OH is 1. The van der Waals surface area contributed by atoms with Crippen LogP contribution in [0.3, 0.4) is 0 Å². The number of nitrogens with one attached hydrogen (secondary N) is 1. The summed E-state index contributed by atoms with van der Waals surface area (Å²) in [6.07, 6.45) is -4.44. The molecule has 2 aromatic rings. The fourth-order valence-corrected chi connectivity index (χ4v) is 4.35. The maximum Gasteiger partial charge on any atom is 0.416 e. The van der Waals surface area contributed by atoms with E-state index in [1.165, 1.54) is 12.1 Å². The van der Waals surface area contributed by atoms with Gasteiger partial charge in [-0.2, -0.15) is 13.2 Å². The van der Waals surface area contributed by atoms with E-state index >= 15 is 0 Å². The molecule has 1 atom stereocenters. The first-order chi connectivity index (χ1) is 14.5. The Labute approximate surface area is 179 Å². The maximum absolute atomic E-state index is 13.2. The van der Waals surface area contributed by atoms with Gasteiger partial charge in [-0.1, -0.05) is 30.7 Å². The van der Waals surface area contributed by atoms with Gasteiger partial charge >= 0.3 is 6.18 Å². The van der Waals surface area contributed by atoms with Crippen LogP contribution in [0.15, 0.2) is 53.4 Å². The second kappa shape index (κ2) is 10.1. The summed E-state index contributed by atoms with van der Waals surface area (Å²) in [6.45, 7) is 3.04. The molecule has 0 saturated heterocycles. The van der Waals surface area contributed by atoms with Crippen molar-refractivity contribution in [2.45, 2.75) is 43.8 Å². The molecule has 0 radical (unpaired) electrons. The molecule has 0 saturated carbocycles. The van der Waals surface area contributed by atoms with Gasteiger partial charge in [0.05, 0.1) is 28.8 Å². The maximum atomic E-state index is 13.2. The van der Waals surface area contributed by atoms with Crippen molar-refractivity contribution < 1.29 is 31.5 Å². The minimum absolute atomic E-state index is 0.227. The van der Waals surface area contributed by atoms with Gasteiger partial charge in [-0.15, -0.1) is 0 Å². The number of amides is 1. The number of hydrogen-bond acceptors (Lipinski definition) is 4. The van der Waals surface area contributed by atoms with E-state index in [1.54, 1.807) is 19.1 Å². The van der Waals surface area contributed by atoms with E-state index in [4.69, 9.17) is 0 Å². The first-order valence-electron chi connectivity index (χ1n) is 9.66. The highest BCUT2D eigenvalue weighted by Gasteiger charge is 2.33. The Bertz CT molecular complexity index is 988. The predicted octanol–water partition coefficient (Wildman–Crippen LogP) is 3.49. The average Bonchev–Trinajstić information content (AvgIpc) is 2.72. The number of hydrogen-bond donors (Lipinski definition) is 2. The molecule has 1 unspecified atom stereocenters. The largest absolute Gasteiger partial charge is 0.416 e. The summed E-state index contributed by atoms with van der Waals surface area (Å²) in [5, 5.41) is 11.8. The molecule has 0 fully saturated rings. The molecule has 0 bridgehead atoms. The second-order valence-electron chi connectivity index (χ2n) is 7.04. The topological polar surface area (TPSA) is 86.7 Å². The molecule has 0 aliphatic rings. The van der Waals surface area contributed by atoms with Crippen molar-refractivity contribution >= 4 is 21.6 Å². The van der Waals surface area contributed by atoms with Gasteiger partial charge in [0.2, 0.25) is 5.91 Å². The molecule has 0 aromatic heterocycles. The van der Waals surface area contributed by atoms with Gasteiger partial charge in [-0.25, -0.2) is 8.42 Å². The summed E-state index contributed by atoms with van der Waals surface area (Å²) in [5.41, 5.74) is 0.0144. The quantitative estimate of drug-likeness (QED) is 0.602. The Balaban J connectivity index is 2.38. The Morgan fingerprint density at radius 2 is 1.81 bits per heavy atom. The Kier molecular flexibility index (Phi) is 8.08. The van der Waals surface area contributed by atoms with Crippen LogP contribution in [0.2, 0.25) is 0 Å². The van der Waals surface area contributed by atoms with E-state index in [9.17, 15) is 31.5 Å². The molecule has 0 aliphatic heterocycles. The van der Waals surface area contributed by atoms with Crippen LogP contribution in [0.25, 0.3) is 0 Å². The lowest BCUT2D eigenvalue weighted by molar-refractivity contribution is -0.137. The highest BCUT2D eigenvalue weighted by molar-refractivity contribution is 7.92. The van der Waals surface area contributed by atoms with Crippen LogP contribution >= 0.6 is 0 Å². The zero-order chi connectivity index (χ0) is 23.2. The van der Waals surface area contributed by atoms with E-state index in [1.807, 2.05) is 6.92 Å². The molecule has 6 nitrogen and oxygen atoms in total. The number of halogens is 3. The molecule has 2 rings (SSSR count). The van der Waals surface area contributed by atoms with E-state index in [2.05, 4.69) is 5.32 Å². The average molecular weight is 459 g/mol. The van der Waals surface area contributed by atoms with Crippen molar-refractivity contribution in [1.29, 1.82) is 0 Å². The third kappa shape index (κ3) is 6.44. The summed E-state index contributed by atoms with van der Waals surface area (Å²) in [6, 6.07) is 9.43. The number of sulfonamides is 1. The van der Waals surface area contributed by atoms with E-state index in [-0.39, 0.29) is 25.3 Å². The fraction of sp³-hybridized carbons (Fsp3) is 0.381. The van der Waals surface area contributed by atoms with E-state index in [0.29, 0.717) is 12.5 Å². The number of rotatable bonds is 9.